The van der Waals surface area contributed by atoms with Crippen molar-refractivity contribution in [3.63, 3.8) is 0 Å². The second-order valence-electron chi connectivity index (χ2n) is 5.69. The third-order valence-electron chi connectivity index (χ3n) is 4.47. The van der Waals surface area contributed by atoms with Crippen LogP contribution in [0.4, 0.5) is 18.9 Å². The van der Waals surface area contributed by atoms with E-state index >= 15 is 0 Å². The van der Waals surface area contributed by atoms with Gasteiger partial charge >= 0.3 is 6.18 Å². The first-order valence-electron chi connectivity index (χ1n) is 6.99. The van der Waals surface area contributed by atoms with Crippen molar-refractivity contribution in [1.29, 1.82) is 0 Å². The highest BCUT2D eigenvalue weighted by atomic mass is 19.4. The molecule has 21 heavy (non-hydrogen) atoms. The maximum atomic E-state index is 13.4. The molecule has 0 radical (unpaired) electrons. The lowest BCUT2D eigenvalue weighted by Crippen LogP contribution is -2.34. The second-order valence-corrected chi connectivity index (χ2v) is 5.69. The van der Waals surface area contributed by atoms with Crippen LogP contribution in [-0.4, -0.2) is 22.3 Å². The molecule has 2 aliphatic rings. The SMILES string of the molecule is FC(F)(F)C1(n2cncc2-c2cccc3c2NCC3)CC1. The van der Waals surface area contributed by atoms with E-state index in [-0.39, 0.29) is 12.8 Å². The zero-order valence-electron chi connectivity index (χ0n) is 11.2. The molecule has 1 N–H and O–H groups in total. The monoisotopic (exact) mass is 293 g/mol. The summed E-state index contributed by atoms with van der Waals surface area (Å²) in [5.41, 5.74) is 1.67. The predicted molar refractivity (Wildman–Crippen MR) is 73.1 cm³/mol. The number of benzene rings is 1. The van der Waals surface area contributed by atoms with E-state index in [1.165, 1.54) is 17.1 Å². The normalized spacial score (nSPS) is 19.2. The number of halogens is 3. The number of nitrogens with zero attached hydrogens (tertiary/aromatic N) is 2. The zero-order chi connectivity index (χ0) is 14.7. The van der Waals surface area contributed by atoms with Gasteiger partial charge in [0.25, 0.3) is 0 Å². The Labute approximate surface area is 119 Å². The minimum Gasteiger partial charge on any atom is -0.384 e. The van der Waals surface area contributed by atoms with Crippen LogP contribution >= 0.6 is 0 Å². The molecule has 1 aliphatic carbocycles. The van der Waals surface area contributed by atoms with Crippen LogP contribution in [0.5, 0.6) is 0 Å². The average Bonchev–Trinajstić information content (AvgIpc) is 2.92. The molecule has 0 amide bonds. The summed E-state index contributed by atoms with van der Waals surface area (Å²) in [6.07, 6.45) is -0.244. The molecule has 0 saturated heterocycles. The van der Waals surface area contributed by atoms with Gasteiger partial charge in [-0.3, -0.25) is 0 Å². The van der Waals surface area contributed by atoms with E-state index in [1.807, 2.05) is 18.2 Å². The fourth-order valence-corrected chi connectivity index (χ4v) is 3.17. The average molecular weight is 293 g/mol. The van der Waals surface area contributed by atoms with Crippen molar-refractivity contribution in [3.8, 4) is 11.3 Å². The van der Waals surface area contributed by atoms with Gasteiger partial charge in [0.1, 0.15) is 5.54 Å². The predicted octanol–water partition coefficient (Wildman–Crippen LogP) is 3.57. The summed E-state index contributed by atoms with van der Waals surface area (Å²) in [6.45, 7) is 0.824. The number of para-hydroxylation sites is 1. The summed E-state index contributed by atoms with van der Waals surface area (Å²) in [7, 11) is 0. The van der Waals surface area contributed by atoms with Gasteiger partial charge in [-0.05, 0) is 24.8 Å². The molecule has 2 aromatic rings. The number of alkyl halides is 3. The number of imidazole rings is 1. The maximum Gasteiger partial charge on any atom is 0.411 e. The minimum absolute atomic E-state index is 0.127. The fourth-order valence-electron chi connectivity index (χ4n) is 3.17. The highest BCUT2D eigenvalue weighted by Gasteiger charge is 2.65. The van der Waals surface area contributed by atoms with Crippen LogP contribution in [0.25, 0.3) is 11.3 Å². The lowest BCUT2D eigenvalue weighted by molar-refractivity contribution is -0.179. The first-order chi connectivity index (χ1) is 10.0. The van der Waals surface area contributed by atoms with E-state index in [2.05, 4.69) is 10.3 Å². The largest absolute Gasteiger partial charge is 0.411 e. The van der Waals surface area contributed by atoms with Gasteiger partial charge in [-0.15, -0.1) is 0 Å². The highest BCUT2D eigenvalue weighted by molar-refractivity contribution is 5.80. The molecule has 0 bridgehead atoms. The summed E-state index contributed by atoms with van der Waals surface area (Å²) >= 11 is 0. The van der Waals surface area contributed by atoms with Crippen LogP contribution < -0.4 is 5.32 Å². The van der Waals surface area contributed by atoms with E-state index in [4.69, 9.17) is 0 Å². The van der Waals surface area contributed by atoms with Crippen LogP contribution in [0.1, 0.15) is 18.4 Å². The molecular formula is C15H14F3N3. The molecule has 1 aromatic heterocycles. The lowest BCUT2D eigenvalue weighted by Gasteiger charge is -2.23. The van der Waals surface area contributed by atoms with Crippen LogP contribution in [0, 0.1) is 0 Å². The Morgan fingerprint density at radius 1 is 1.24 bits per heavy atom. The third-order valence-corrected chi connectivity index (χ3v) is 4.47. The molecule has 1 aromatic carbocycles. The number of hydrogen-bond acceptors (Lipinski definition) is 2. The van der Waals surface area contributed by atoms with E-state index in [9.17, 15) is 13.2 Å². The number of nitrogens with one attached hydrogen (secondary N) is 1. The number of aromatic nitrogens is 2. The van der Waals surface area contributed by atoms with Gasteiger partial charge in [0.15, 0.2) is 0 Å². The number of hydrogen-bond donors (Lipinski definition) is 1. The Bertz CT molecular complexity index is 698. The molecule has 0 atom stereocenters. The van der Waals surface area contributed by atoms with Crippen molar-refractivity contribution in [3.05, 3.63) is 36.3 Å². The number of rotatable bonds is 2. The van der Waals surface area contributed by atoms with Crippen molar-refractivity contribution >= 4 is 5.69 Å². The van der Waals surface area contributed by atoms with E-state index < -0.39 is 11.7 Å². The van der Waals surface area contributed by atoms with Crippen molar-refractivity contribution in [2.45, 2.75) is 31.0 Å². The van der Waals surface area contributed by atoms with Crippen molar-refractivity contribution in [2.75, 3.05) is 11.9 Å². The van der Waals surface area contributed by atoms with Crippen LogP contribution in [0.3, 0.4) is 0 Å². The molecule has 2 heterocycles. The smallest absolute Gasteiger partial charge is 0.384 e. The number of fused-ring (bicyclic) bond motifs is 1. The molecule has 6 heteroatoms. The van der Waals surface area contributed by atoms with Gasteiger partial charge in [-0.2, -0.15) is 13.2 Å². The molecule has 3 nitrogen and oxygen atoms in total. The Kier molecular flexibility index (Phi) is 2.44. The summed E-state index contributed by atoms with van der Waals surface area (Å²) in [5, 5.41) is 3.27. The molecule has 0 unspecified atom stereocenters. The zero-order valence-corrected chi connectivity index (χ0v) is 11.2. The van der Waals surface area contributed by atoms with Gasteiger partial charge in [0.2, 0.25) is 0 Å². The fraction of sp³-hybridized carbons (Fsp3) is 0.400. The maximum absolute atomic E-state index is 13.4. The van der Waals surface area contributed by atoms with Gasteiger partial charge in [-0.1, -0.05) is 18.2 Å². The van der Waals surface area contributed by atoms with Crippen molar-refractivity contribution < 1.29 is 13.2 Å². The highest BCUT2D eigenvalue weighted by Crippen LogP contribution is 2.56. The topological polar surface area (TPSA) is 29.9 Å². The van der Waals surface area contributed by atoms with Crippen LogP contribution in [0.2, 0.25) is 0 Å². The molecule has 1 saturated carbocycles. The first kappa shape index (κ1) is 12.7. The molecular weight excluding hydrogens is 279 g/mol. The molecule has 110 valence electrons. The third kappa shape index (κ3) is 1.71. The Morgan fingerprint density at radius 3 is 2.76 bits per heavy atom. The molecule has 1 fully saturated rings. The van der Waals surface area contributed by atoms with Crippen LogP contribution in [-0.2, 0) is 12.0 Å². The Balaban J connectivity index is 1.86. The van der Waals surface area contributed by atoms with Gasteiger partial charge in [0.05, 0.1) is 18.2 Å². The molecule has 0 spiro atoms. The summed E-state index contributed by atoms with van der Waals surface area (Å²) in [6, 6.07) is 5.76. The second kappa shape index (κ2) is 4.02. The molecule has 4 rings (SSSR count). The van der Waals surface area contributed by atoms with Gasteiger partial charge < -0.3 is 9.88 Å². The summed E-state index contributed by atoms with van der Waals surface area (Å²) in [4.78, 5) is 3.98. The quantitative estimate of drug-likeness (QED) is 0.917. The first-order valence-corrected chi connectivity index (χ1v) is 6.99. The lowest BCUT2D eigenvalue weighted by atomic mass is 10.0. The Morgan fingerprint density at radius 2 is 2.05 bits per heavy atom. The summed E-state index contributed by atoms with van der Waals surface area (Å²) in [5.74, 6) is 0. The van der Waals surface area contributed by atoms with Crippen LogP contribution in [0.15, 0.2) is 30.7 Å². The van der Waals surface area contributed by atoms with E-state index in [0.29, 0.717) is 5.69 Å². The standard InChI is InChI=1S/C15H14F3N3/c16-15(17,18)14(5-6-14)21-9-19-8-12(21)11-3-1-2-10-4-7-20-13(10)11/h1-3,8-9,20H,4-7H2. The van der Waals surface area contributed by atoms with E-state index in [0.717, 1.165) is 29.8 Å². The van der Waals surface area contributed by atoms with E-state index in [1.54, 1.807) is 0 Å². The number of anilines is 1. The van der Waals surface area contributed by atoms with Crippen molar-refractivity contribution in [1.82, 2.24) is 9.55 Å². The molecule has 1 aliphatic heterocycles. The van der Waals surface area contributed by atoms with Crippen molar-refractivity contribution in [2.24, 2.45) is 0 Å². The van der Waals surface area contributed by atoms with Gasteiger partial charge in [0, 0.05) is 17.8 Å². The van der Waals surface area contributed by atoms with Gasteiger partial charge in [-0.25, -0.2) is 4.98 Å². The summed E-state index contributed by atoms with van der Waals surface area (Å²) < 4.78 is 41.4. The Hall–Kier alpha value is -1.98. The minimum atomic E-state index is -4.24.